The van der Waals surface area contributed by atoms with Crippen molar-refractivity contribution >= 4 is 5.97 Å². The lowest BCUT2D eigenvalue weighted by atomic mass is 10.1. The van der Waals surface area contributed by atoms with Gasteiger partial charge in [0.2, 0.25) is 0 Å². The second-order valence-electron chi connectivity index (χ2n) is 2.87. The fourth-order valence-corrected chi connectivity index (χ4v) is 0.755. The topological polar surface area (TPSA) is 40.5 Å². The summed E-state index contributed by atoms with van der Waals surface area (Å²) in [5, 5.41) is 8.36. The molecular weight excluding hydrogens is 168 g/mol. The Morgan fingerprint density at radius 2 is 2.00 bits per heavy atom. The minimum Gasteiger partial charge on any atom is -0.481 e. The van der Waals surface area contributed by atoms with Gasteiger partial charge in [0.1, 0.15) is 5.92 Å². The van der Waals surface area contributed by atoms with E-state index in [0.717, 1.165) is 0 Å². The predicted octanol–water partition coefficient (Wildman–Crippen LogP) is 0.904. The van der Waals surface area contributed by atoms with Crippen molar-refractivity contribution in [2.45, 2.75) is 12.8 Å². The maximum Gasteiger partial charge on any atom is 0.312 e. The third kappa shape index (κ3) is 4.23. The zero-order chi connectivity index (χ0) is 9.72. The van der Waals surface area contributed by atoms with Gasteiger partial charge in [-0.3, -0.25) is 4.79 Å². The zero-order valence-electron chi connectivity index (χ0n) is 7.13. The van der Waals surface area contributed by atoms with E-state index in [9.17, 15) is 13.6 Å². The Labute approximate surface area is 70.0 Å². The van der Waals surface area contributed by atoms with Crippen molar-refractivity contribution in [3.8, 4) is 0 Å². The summed E-state index contributed by atoms with van der Waals surface area (Å²) >= 11 is 0. The summed E-state index contributed by atoms with van der Waals surface area (Å²) in [5.41, 5.74) is 0. The average molecular weight is 181 g/mol. The van der Waals surface area contributed by atoms with Crippen LogP contribution in [0, 0.1) is 5.92 Å². The van der Waals surface area contributed by atoms with Gasteiger partial charge in [-0.25, -0.2) is 8.78 Å². The van der Waals surface area contributed by atoms with Crippen molar-refractivity contribution in [3.63, 3.8) is 0 Å². The molecule has 0 aliphatic heterocycles. The number of nitrogens with zero attached hydrogens (tertiary/aromatic N) is 1. The Morgan fingerprint density at radius 3 is 2.25 bits per heavy atom. The molecule has 3 nitrogen and oxygen atoms in total. The number of carboxylic acids is 1. The van der Waals surface area contributed by atoms with E-state index in [-0.39, 0.29) is 6.42 Å². The van der Waals surface area contributed by atoms with Gasteiger partial charge in [0.25, 0.3) is 6.43 Å². The number of halogens is 2. The van der Waals surface area contributed by atoms with Crippen LogP contribution in [0.2, 0.25) is 0 Å². The van der Waals surface area contributed by atoms with Crippen LogP contribution in [0.5, 0.6) is 0 Å². The van der Waals surface area contributed by atoms with Crippen LogP contribution < -0.4 is 0 Å². The second-order valence-corrected chi connectivity index (χ2v) is 2.87. The van der Waals surface area contributed by atoms with Crippen molar-refractivity contribution in [2.75, 3.05) is 20.6 Å². The van der Waals surface area contributed by atoms with E-state index in [1.165, 1.54) is 0 Å². The van der Waals surface area contributed by atoms with Crippen molar-refractivity contribution in [1.82, 2.24) is 4.90 Å². The van der Waals surface area contributed by atoms with Crippen molar-refractivity contribution < 1.29 is 18.7 Å². The van der Waals surface area contributed by atoms with Gasteiger partial charge in [-0.15, -0.1) is 0 Å². The molecule has 1 unspecified atom stereocenters. The number of carbonyl (C=O) groups is 1. The van der Waals surface area contributed by atoms with Crippen LogP contribution in [-0.4, -0.2) is 43.0 Å². The van der Waals surface area contributed by atoms with Gasteiger partial charge in [-0.1, -0.05) is 0 Å². The van der Waals surface area contributed by atoms with Gasteiger partial charge >= 0.3 is 5.97 Å². The minimum absolute atomic E-state index is 0.0139. The van der Waals surface area contributed by atoms with Crippen molar-refractivity contribution in [3.05, 3.63) is 0 Å². The normalized spacial score (nSPS) is 13.8. The van der Waals surface area contributed by atoms with Gasteiger partial charge in [-0.2, -0.15) is 0 Å². The molecule has 0 amide bonds. The van der Waals surface area contributed by atoms with Crippen LogP contribution in [-0.2, 0) is 4.79 Å². The zero-order valence-corrected chi connectivity index (χ0v) is 7.13. The van der Waals surface area contributed by atoms with Gasteiger partial charge in [-0.05, 0) is 27.1 Å². The largest absolute Gasteiger partial charge is 0.481 e. The number of hydrogen-bond donors (Lipinski definition) is 1. The van der Waals surface area contributed by atoms with Gasteiger partial charge in [0.05, 0.1) is 0 Å². The van der Waals surface area contributed by atoms with E-state index >= 15 is 0 Å². The van der Waals surface area contributed by atoms with Crippen molar-refractivity contribution in [1.29, 1.82) is 0 Å². The van der Waals surface area contributed by atoms with Crippen LogP contribution in [0.4, 0.5) is 8.78 Å². The summed E-state index contributed by atoms with van der Waals surface area (Å²) in [6.07, 6.45) is -2.79. The molecule has 0 aliphatic carbocycles. The summed E-state index contributed by atoms with van der Waals surface area (Å²) in [6, 6.07) is 0. The molecule has 0 heterocycles. The first kappa shape index (κ1) is 11.3. The third-order valence-electron chi connectivity index (χ3n) is 1.51. The quantitative estimate of drug-likeness (QED) is 0.685. The summed E-state index contributed by atoms with van der Waals surface area (Å²) < 4.78 is 24.0. The lowest BCUT2D eigenvalue weighted by Gasteiger charge is -2.14. The van der Waals surface area contributed by atoms with E-state index in [4.69, 9.17) is 5.11 Å². The Kier molecular flexibility index (Phi) is 4.73. The smallest absolute Gasteiger partial charge is 0.312 e. The second kappa shape index (κ2) is 5.03. The average Bonchev–Trinajstić information content (AvgIpc) is 1.84. The molecule has 1 N–H and O–H groups in total. The molecular formula is C7H13F2NO2. The number of rotatable bonds is 5. The molecule has 5 heteroatoms. The van der Waals surface area contributed by atoms with E-state index in [1.54, 1.807) is 19.0 Å². The Bertz CT molecular complexity index is 150. The van der Waals surface area contributed by atoms with E-state index in [2.05, 4.69) is 0 Å². The van der Waals surface area contributed by atoms with Gasteiger partial charge in [0, 0.05) is 0 Å². The highest BCUT2D eigenvalue weighted by atomic mass is 19.3. The molecule has 0 spiro atoms. The Morgan fingerprint density at radius 1 is 1.50 bits per heavy atom. The molecule has 0 fully saturated rings. The van der Waals surface area contributed by atoms with E-state index < -0.39 is 18.3 Å². The van der Waals surface area contributed by atoms with Crippen molar-refractivity contribution in [2.24, 2.45) is 5.92 Å². The fraction of sp³-hybridized carbons (Fsp3) is 0.857. The SMILES string of the molecule is CN(C)CCC(C(=O)O)C(F)F. The third-order valence-corrected chi connectivity index (χ3v) is 1.51. The lowest BCUT2D eigenvalue weighted by Crippen LogP contribution is -2.26. The molecule has 0 aromatic carbocycles. The monoisotopic (exact) mass is 181 g/mol. The predicted molar refractivity (Wildman–Crippen MR) is 40.3 cm³/mol. The molecule has 0 bridgehead atoms. The summed E-state index contributed by atoms with van der Waals surface area (Å²) in [4.78, 5) is 11.9. The van der Waals surface area contributed by atoms with Crippen LogP contribution in [0.25, 0.3) is 0 Å². The highest BCUT2D eigenvalue weighted by Crippen LogP contribution is 2.14. The van der Waals surface area contributed by atoms with E-state index in [0.29, 0.717) is 6.54 Å². The fourth-order valence-electron chi connectivity index (χ4n) is 0.755. The number of aliphatic carboxylic acids is 1. The van der Waals surface area contributed by atoms with Crippen LogP contribution in [0.15, 0.2) is 0 Å². The Hall–Kier alpha value is -0.710. The molecule has 1 atom stereocenters. The first-order valence-corrected chi connectivity index (χ1v) is 3.61. The summed E-state index contributed by atoms with van der Waals surface area (Å²) in [6.45, 7) is 0.362. The Balaban J connectivity index is 3.88. The molecule has 0 aromatic heterocycles. The van der Waals surface area contributed by atoms with E-state index in [1.807, 2.05) is 0 Å². The highest BCUT2D eigenvalue weighted by molar-refractivity contribution is 5.70. The molecule has 0 rings (SSSR count). The number of hydrogen-bond acceptors (Lipinski definition) is 2. The van der Waals surface area contributed by atoms with Crippen LogP contribution in [0.3, 0.4) is 0 Å². The van der Waals surface area contributed by atoms with Crippen LogP contribution in [0.1, 0.15) is 6.42 Å². The first-order chi connectivity index (χ1) is 5.45. The lowest BCUT2D eigenvalue weighted by molar-refractivity contribution is -0.147. The van der Waals surface area contributed by atoms with Gasteiger partial charge < -0.3 is 10.0 Å². The van der Waals surface area contributed by atoms with Crippen LogP contribution >= 0.6 is 0 Å². The molecule has 72 valence electrons. The molecule has 12 heavy (non-hydrogen) atoms. The molecule has 0 radical (unpaired) electrons. The minimum atomic E-state index is -2.78. The summed E-state index contributed by atoms with van der Waals surface area (Å²) in [7, 11) is 3.43. The highest BCUT2D eigenvalue weighted by Gasteiger charge is 2.27. The molecule has 0 aliphatic rings. The molecule has 0 aromatic rings. The van der Waals surface area contributed by atoms with Gasteiger partial charge in [0.15, 0.2) is 0 Å². The maximum absolute atomic E-state index is 12.0. The number of carboxylic acid groups (broad SMARTS) is 1. The maximum atomic E-state index is 12.0. The molecule has 0 saturated heterocycles. The number of alkyl halides is 2. The first-order valence-electron chi connectivity index (χ1n) is 3.61. The summed E-state index contributed by atoms with van der Waals surface area (Å²) in [5.74, 6) is -2.96. The molecule has 0 saturated carbocycles. The standard InChI is InChI=1S/C7H13F2NO2/c1-10(2)4-3-5(6(8)9)7(11)12/h5-6H,3-4H2,1-2H3,(H,11,12).